The second-order valence-corrected chi connectivity index (χ2v) is 4.17. The third-order valence-electron chi connectivity index (χ3n) is 3.07. The summed E-state index contributed by atoms with van der Waals surface area (Å²) in [5.41, 5.74) is 0.680. The van der Waals surface area contributed by atoms with Gasteiger partial charge in [-0.05, 0) is 0 Å². The van der Waals surface area contributed by atoms with Gasteiger partial charge in [0, 0.05) is 19.3 Å². The van der Waals surface area contributed by atoms with E-state index < -0.39 is 0 Å². The Morgan fingerprint density at radius 1 is 1.53 bits per heavy atom. The molecule has 1 fully saturated rings. The number of hydrogen-bond acceptors (Lipinski definition) is 5. The minimum Gasteiger partial charge on any atom is -0.312 e. The van der Waals surface area contributed by atoms with Crippen LogP contribution in [0.1, 0.15) is 6.42 Å². The van der Waals surface area contributed by atoms with Crippen molar-refractivity contribution in [2.24, 2.45) is 0 Å². The Kier molecular flexibility index (Phi) is 2.16. The first-order chi connectivity index (χ1) is 8.34. The van der Waals surface area contributed by atoms with E-state index in [1.54, 1.807) is 6.20 Å². The van der Waals surface area contributed by atoms with E-state index in [2.05, 4.69) is 31.7 Å². The quantitative estimate of drug-likeness (QED) is 0.765. The molecule has 0 saturated carbocycles. The van der Waals surface area contributed by atoms with Crippen molar-refractivity contribution in [1.82, 2.24) is 30.3 Å². The van der Waals surface area contributed by atoms with Gasteiger partial charge in [-0.15, -0.1) is 0 Å². The monoisotopic (exact) mass is 229 g/mol. The zero-order valence-corrected chi connectivity index (χ0v) is 9.09. The second-order valence-electron chi connectivity index (χ2n) is 4.17. The van der Waals surface area contributed by atoms with E-state index in [0.29, 0.717) is 12.2 Å². The summed E-state index contributed by atoms with van der Waals surface area (Å²) < 4.78 is 1.85. The Bertz CT molecular complexity index is 543. The van der Waals surface area contributed by atoms with E-state index >= 15 is 0 Å². The van der Waals surface area contributed by atoms with Crippen molar-refractivity contribution in [3.8, 4) is 17.5 Å². The Hall–Kier alpha value is -2.20. The van der Waals surface area contributed by atoms with Gasteiger partial charge >= 0.3 is 0 Å². The van der Waals surface area contributed by atoms with Crippen molar-refractivity contribution in [2.45, 2.75) is 12.0 Å². The maximum Gasteiger partial charge on any atom is 0.158 e. The summed E-state index contributed by atoms with van der Waals surface area (Å²) in [5, 5.41) is 23.0. The lowest BCUT2D eigenvalue weighted by Gasteiger charge is -2.41. The molecule has 0 radical (unpaired) electrons. The number of nitrogens with zero attached hydrogens (tertiary/aromatic N) is 5. The highest BCUT2D eigenvalue weighted by Crippen LogP contribution is 2.26. The van der Waals surface area contributed by atoms with Crippen LogP contribution in [0.25, 0.3) is 11.4 Å². The fourth-order valence-electron chi connectivity index (χ4n) is 1.98. The summed E-state index contributed by atoms with van der Waals surface area (Å²) in [6.45, 7) is 1.55. The summed E-state index contributed by atoms with van der Waals surface area (Å²) in [6, 6.07) is 2.22. The van der Waals surface area contributed by atoms with Crippen LogP contribution in [0.15, 0.2) is 18.7 Å². The summed E-state index contributed by atoms with van der Waals surface area (Å²) >= 11 is 0. The van der Waals surface area contributed by atoms with Crippen LogP contribution in [0.4, 0.5) is 0 Å². The van der Waals surface area contributed by atoms with Gasteiger partial charge in [0.15, 0.2) is 5.82 Å². The number of aromatic amines is 1. The molecule has 17 heavy (non-hydrogen) atoms. The molecule has 1 saturated heterocycles. The van der Waals surface area contributed by atoms with Crippen LogP contribution in [0.5, 0.6) is 0 Å². The van der Waals surface area contributed by atoms with Gasteiger partial charge in [-0.2, -0.15) is 15.5 Å². The van der Waals surface area contributed by atoms with Gasteiger partial charge in [0.25, 0.3) is 0 Å². The minimum absolute atomic E-state index is 0.201. The molecule has 0 amide bonds. The SMILES string of the molecule is N#CCC1(n2cc(-c3ncn[nH]3)cn2)CNC1. The molecule has 2 aromatic rings. The molecular formula is C10H11N7. The first kappa shape index (κ1) is 9.99. The normalized spacial score (nSPS) is 17.4. The molecule has 3 rings (SSSR count). The molecular weight excluding hydrogens is 218 g/mol. The molecule has 2 N–H and O–H groups in total. The summed E-state index contributed by atoms with van der Waals surface area (Å²) in [4.78, 5) is 4.07. The highest BCUT2D eigenvalue weighted by Gasteiger charge is 2.39. The Morgan fingerprint density at radius 3 is 3.00 bits per heavy atom. The maximum absolute atomic E-state index is 8.87. The molecule has 1 aliphatic rings. The average Bonchev–Trinajstić information content (AvgIpc) is 2.92. The van der Waals surface area contributed by atoms with Crippen molar-refractivity contribution in [2.75, 3.05) is 13.1 Å². The third-order valence-corrected chi connectivity index (χ3v) is 3.07. The number of rotatable bonds is 3. The van der Waals surface area contributed by atoms with Gasteiger partial charge < -0.3 is 5.32 Å². The molecule has 1 aliphatic heterocycles. The Balaban J connectivity index is 1.92. The predicted octanol–water partition coefficient (Wildman–Crippen LogP) is -0.120. The Morgan fingerprint density at radius 2 is 2.41 bits per heavy atom. The van der Waals surface area contributed by atoms with Gasteiger partial charge in [0.05, 0.1) is 24.3 Å². The molecule has 2 aromatic heterocycles. The van der Waals surface area contributed by atoms with Crippen LogP contribution in [0.2, 0.25) is 0 Å². The van der Waals surface area contributed by atoms with Crippen molar-refractivity contribution in [3.05, 3.63) is 18.7 Å². The molecule has 0 atom stereocenters. The molecule has 3 heterocycles. The van der Waals surface area contributed by atoms with Gasteiger partial charge in [-0.3, -0.25) is 9.78 Å². The number of nitriles is 1. The average molecular weight is 229 g/mol. The maximum atomic E-state index is 8.87. The molecule has 7 nitrogen and oxygen atoms in total. The van der Waals surface area contributed by atoms with Gasteiger partial charge in [-0.1, -0.05) is 0 Å². The molecule has 86 valence electrons. The number of hydrogen-bond donors (Lipinski definition) is 2. The molecule has 7 heteroatoms. The predicted molar refractivity (Wildman–Crippen MR) is 58.7 cm³/mol. The molecule has 0 spiro atoms. The van der Waals surface area contributed by atoms with Crippen LogP contribution in [0.3, 0.4) is 0 Å². The van der Waals surface area contributed by atoms with Crippen LogP contribution >= 0.6 is 0 Å². The Labute approximate surface area is 97.5 Å². The van der Waals surface area contributed by atoms with Crippen LogP contribution in [0, 0.1) is 11.3 Å². The standard InChI is InChI=1S/C10H11N7/c11-2-1-10(5-12-6-10)17-4-8(3-15-17)9-13-7-14-16-9/h3-4,7,12H,1,5-6H2,(H,13,14,16). The largest absolute Gasteiger partial charge is 0.312 e. The van der Waals surface area contributed by atoms with Crippen molar-refractivity contribution in [1.29, 1.82) is 5.26 Å². The lowest BCUT2D eigenvalue weighted by atomic mass is 9.89. The molecule has 0 unspecified atom stereocenters. The minimum atomic E-state index is -0.201. The first-order valence-electron chi connectivity index (χ1n) is 5.33. The van der Waals surface area contributed by atoms with Gasteiger partial charge in [-0.25, -0.2) is 4.98 Å². The van der Waals surface area contributed by atoms with Crippen LogP contribution in [-0.2, 0) is 5.54 Å². The highest BCUT2D eigenvalue weighted by atomic mass is 15.4. The smallest absolute Gasteiger partial charge is 0.158 e. The van der Waals surface area contributed by atoms with E-state index in [1.165, 1.54) is 6.33 Å². The van der Waals surface area contributed by atoms with Crippen molar-refractivity contribution >= 4 is 0 Å². The van der Waals surface area contributed by atoms with E-state index in [-0.39, 0.29) is 5.54 Å². The fraction of sp³-hybridized carbons (Fsp3) is 0.400. The third kappa shape index (κ3) is 1.50. The van der Waals surface area contributed by atoms with Gasteiger partial charge in [0.1, 0.15) is 11.9 Å². The topological polar surface area (TPSA) is 95.2 Å². The van der Waals surface area contributed by atoms with Gasteiger partial charge in [0.2, 0.25) is 0 Å². The number of H-pyrrole nitrogens is 1. The van der Waals surface area contributed by atoms with Crippen LogP contribution < -0.4 is 5.32 Å². The highest BCUT2D eigenvalue weighted by molar-refractivity contribution is 5.51. The number of nitrogens with one attached hydrogen (secondary N) is 2. The van der Waals surface area contributed by atoms with E-state index in [9.17, 15) is 0 Å². The zero-order chi connectivity index (χ0) is 11.7. The molecule has 0 bridgehead atoms. The van der Waals surface area contributed by atoms with E-state index in [4.69, 9.17) is 5.26 Å². The van der Waals surface area contributed by atoms with E-state index in [0.717, 1.165) is 18.7 Å². The van der Waals surface area contributed by atoms with E-state index in [1.807, 2.05) is 10.9 Å². The van der Waals surface area contributed by atoms with Crippen molar-refractivity contribution < 1.29 is 0 Å². The molecule has 0 aromatic carbocycles. The zero-order valence-electron chi connectivity index (χ0n) is 9.09. The van der Waals surface area contributed by atoms with Crippen LogP contribution in [-0.4, -0.2) is 38.1 Å². The fourth-order valence-corrected chi connectivity index (χ4v) is 1.98. The summed E-state index contributed by atoms with van der Waals surface area (Å²) in [7, 11) is 0. The summed E-state index contributed by atoms with van der Waals surface area (Å²) in [5.74, 6) is 0.690. The second kappa shape index (κ2) is 3.68. The lowest BCUT2D eigenvalue weighted by Crippen LogP contribution is -2.60. The summed E-state index contributed by atoms with van der Waals surface area (Å²) in [6.07, 6.45) is 5.55. The van der Waals surface area contributed by atoms with Crippen molar-refractivity contribution in [3.63, 3.8) is 0 Å². The molecule has 0 aliphatic carbocycles. The lowest BCUT2D eigenvalue weighted by molar-refractivity contribution is 0.160. The first-order valence-corrected chi connectivity index (χ1v) is 5.33. The number of aromatic nitrogens is 5.